The molecule has 0 aromatic carbocycles. The van der Waals surface area contributed by atoms with Crippen LogP contribution in [-0.4, -0.2) is 8.96 Å². The Morgan fingerprint density at radius 1 is 1.20 bits per heavy atom. The van der Waals surface area contributed by atoms with Crippen molar-refractivity contribution >= 4 is 20.7 Å². The van der Waals surface area contributed by atoms with Crippen LogP contribution in [0.15, 0.2) is 0 Å². The normalized spacial score (nSPS) is 15.2. The van der Waals surface area contributed by atoms with Crippen molar-refractivity contribution in [3.05, 3.63) is 0 Å². The highest BCUT2D eigenvalue weighted by Gasteiger charge is 2.29. The van der Waals surface area contributed by atoms with E-state index in [1.807, 2.05) is 20.8 Å². The third-order valence-electron chi connectivity index (χ3n) is 2.27. The fourth-order valence-electron chi connectivity index (χ4n) is 1.09. The second-order valence-electron chi connectivity index (χ2n) is 2.47. The highest BCUT2D eigenvalue weighted by molar-refractivity contribution is 8.09. The van der Waals surface area contributed by atoms with Crippen molar-refractivity contribution in [3.63, 3.8) is 0 Å². The van der Waals surface area contributed by atoms with Gasteiger partial charge >= 0.3 is 0 Å². The summed E-state index contributed by atoms with van der Waals surface area (Å²) in [5.41, 5.74) is 0. The molecule has 0 amide bonds. The zero-order chi connectivity index (χ0) is 8.20. The topological polar surface area (TPSA) is 17.1 Å². The van der Waals surface area contributed by atoms with Crippen LogP contribution >= 0.6 is 10.7 Å². The summed E-state index contributed by atoms with van der Waals surface area (Å²) in [5.74, 6) is 0. The Labute approximate surface area is 70.1 Å². The van der Waals surface area contributed by atoms with Gasteiger partial charge in [0.25, 0.3) is 0 Å². The van der Waals surface area contributed by atoms with E-state index in [1.165, 1.54) is 0 Å². The van der Waals surface area contributed by atoms with Crippen LogP contribution in [0.25, 0.3) is 0 Å². The highest BCUT2D eigenvalue weighted by Crippen LogP contribution is 2.28. The Hall–Kier alpha value is 0.440. The predicted molar refractivity (Wildman–Crippen MR) is 47.6 cm³/mol. The number of hydrogen-bond donors (Lipinski definition) is 0. The number of hydrogen-bond acceptors (Lipinski definition) is 1. The molecule has 0 bridgehead atoms. The standard InChI is InChI=1S/C7H15ClOS/c1-4-7(5-2,6-3)10(8)9/h4-6H2,1-3H3. The van der Waals surface area contributed by atoms with E-state index in [4.69, 9.17) is 10.7 Å². The zero-order valence-electron chi connectivity index (χ0n) is 6.82. The maximum atomic E-state index is 11.0. The number of halogens is 1. The third kappa shape index (κ3) is 1.96. The second-order valence-corrected chi connectivity index (χ2v) is 4.62. The molecule has 0 heterocycles. The molecule has 0 aromatic heterocycles. The molecule has 0 fully saturated rings. The highest BCUT2D eigenvalue weighted by atomic mass is 35.7. The fourth-order valence-corrected chi connectivity index (χ4v) is 2.75. The van der Waals surface area contributed by atoms with E-state index < -0.39 is 10.0 Å². The molecule has 0 spiro atoms. The van der Waals surface area contributed by atoms with Crippen LogP contribution in [0.1, 0.15) is 40.0 Å². The Balaban J connectivity index is 4.31. The molecule has 0 saturated heterocycles. The maximum absolute atomic E-state index is 11.0. The number of rotatable bonds is 4. The molecule has 0 radical (unpaired) electrons. The summed E-state index contributed by atoms with van der Waals surface area (Å²) >= 11 is 0. The van der Waals surface area contributed by atoms with E-state index in [0.29, 0.717) is 0 Å². The first-order valence-corrected chi connectivity index (χ1v) is 5.68. The molecule has 0 N–H and O–H groups in total. The summed E-state index contributed by atoms with van der Waals surface area (Å²) in [5, 5.41) is 0. The lowest BCUT2D eigenvalue weighted by Gasteiger charge is -2.25. The van der Waals surface area contributed by atoms with E-state index in [2.05, 4.69) is 0 Å². The molecule has 1 atom stereocenters. The van der Waals surface area contributed by atoms with Gasteiger partial charge in [-0.2, -0.15) is 0 Å². The first kappa shape index (κ1) is 10.4. The van der Waals surface area contributed by atoms with Crippen LogP contribution in [0.4, 0.5) is 0 Å². The van der Waals surface area contributed by atoms with Crippen LogP contribution in [0.5, 0.6) is 0 Å². The molecular formula is C7H15ClOS. The van der Waals surface area contributed by atoms with Crippen molar-refractivity contribution in [3.8, 4) is 0 Å². The van der Waals surface area contributed by atoms with Gasteiger partial charge in [-0.15, -0.1) is 0 Å². The average molecular weight is 183 g/mol. The lowest BCUT2D eigenvalue weighted by Crippen LogP contribution is -2.28. The predicted octanol–water partition coefficient (Wildman–Crippen LogP) is 2.86. The minimum Gasteiger partial charge on any atom is -0.242 e. The van der Waals surface area contributed by atoms with Crippen molar-refractivity contribution in [1.29, 1.82) is 0 Å². The van der Waals surface area contributed by atoms with Gasteiger partial charge in [-0.25, -0.2) is 4.21 Å². The van der Waals surface area contributed by atoms with Gasteiger partial charge in [0.15, 0.2) is 0 Å². The molecule has 0 aliphatic carbocycles. The lowest BCUT2D eigenvalue weighted by atomic mass is 9.99. The molecule has 0 saturated carbocycles. The van der Waals surface area contributed by atoms with Crippen LogP contribution in [0.3, 0.4) is 0 Å². The molecule has 1 nitrogen and oxygen atoms in total. The third-order valence-corrected chi connectivity index (χ3v) is 4.80. The molecule has 0 aliphatic heterocycles. The Kier molecular flexibility index (Phi) is 4.54. The van der Waals surface area contributed by atoms with Gasteiger partial charge in [-0.05, 0) is 29.9 Å². The van der Waals surface area contributed by atoms with E-state index in [1.54, 1.807) is 0 Å². The first-order chi connectivity index (χ1) is 4.63. The van der Waals surface area contributed by atoms with Gasteiger partial charge in [0.1, 0.15) is 10.0 Å². The van der Waals surface area contributed by atoms with Crippen molar-refractivity contribution < 1.29 is 4.21 Å². The Morgan fingerprint density at radius 3 is 1.50 bits per heavy atom. The van der Waals surface area contributed by atoms with Gasteiger partial charge < -0.3 is 0 Å². The molecule has 3 heteroatoms. The minimum absolute atomic E-state index is 0.137. The first-order valence-electron chi connectivity index (χ1n) is 3.71. The monoisotopic (exact) mass is 182 g/mol. The van der Waals surface area contributed by atoms with Crippen LogP contribution in [-0.2, 0) is 10.0 Å². The summed E-state index contributed by atoms with van der Waals surface area (Å²) in [6, 6.07) is 0. The zero-order valence-corrected chi connectivity index (χ0v) is 8.39. The van der Waals surface area contributed by atoms with Crippen molar-refractivity contribution in [2.75, 3.05) is 0 Å². The van der Waals surface area contributed by atoms with Crippen molar-refractivity contribution in [2.24, 2.45) is 0 Å². The summed E-state index contributed by atoms with van der Waals surface area (Å²) in [4.78, 5) is 0. The molecule has 10 heavy (non-hydrogen) atoms. The van der Waals surface area contributed by atoms with E-state index in [9.17, 15) is 4.21 Å². The summed E-state index contributed by atoms with van der Waals surface area (Å²) in [6.45, 7) is 6.10. The smallest absolute Gasteiger partial charge is 0.121 e. The fraction of sp³-hybridized carbons (Fsp3) is 1.00. The van der Waals surface area contributed by atoms with Gasteiger partial charge in [0, 0.05) is 0 Å². The van der Waals surface area contributed by atoms with Crippen LogP contribution < -0.4 is 0 Å². The van der Waals surface area contributed by atoms with Gasteiger partial charge in [0.05, 0.1) is 4.75 Å². The van der Waals surface area contributed by atoms with Crippen molar-refractivity contribution in [2.45, 2.75) is 44.8 Å². The molecular weight excluding hydrogens is 168 g/mol. The van der Waals surface area contributed by atoms with E-state index in [0.717, 1.165) is 19.3 Å². The largest absolute Gasteiger partial charge is 0.242 e. The SMILES string of the molecule is CCC(CC)(CC)S(=O)Cl. The summed E-state index contributed by atoms with van der Waals surface area (Å²) in [6.07, 6.45) is 2.70. The van der Waals surface area contributed by atoms with E-state index >= 15 is 0 Å². The maximum Gasteiger partial charge on any atom is 0.121 e. The minimum atomic E-state index is -1.19. The Bertz CT molecular complexity index is 113. The molecule has 1 unspecified atom stereocenters. The lowest BCUT2D eigenvalue weighted by molar-refractivity contribution is 0.511. The molecule has 0 aliphatic rings. The van der Waals surface area contributed by atoms with Gasteiger partial charge in [-0.1, -0.05) is 20.8 Å². The van der Waals surface area contributed by atoms with Gasteiger partial charge in [0.2, 0.25) is 0 Å². The summed E-state index contributed by atoms with van der Waals surface area (Å²) < 4.78 is 10.9. The molecule has 0 rings (SSSR count). The van der Waals surface area contributed by atoms with Crippen LogP contribution in [0.2, 0.25) is 0 Å². The molecule has 0 aromatic rings. The van der Waals surface area contributed by atoms with Crippen molar-refractivity contribution in [1.82, 2.24) is 0 Å². The molecule has 62 valence electrons. The summed E-state index contributed by atoms with van der Waals surface area (Å²) in [7, 11) is 4.38. The van der Waals surface area contributed by atoms with Crippen LogP contribution in [0, 0.1) is 0 Å². The Morgan fingerprint density at radius 2 is 1.50 bits per heavy atom. The van der Waals surface area contributed by atoms with E-state index in [-0.39, 0.29) is 4.75 Å². The quantitative estimate of drug-likeness (QED) is 0.612. The second kappa shape index (κ2) is 4.35. The average Bonchev–Trinajstić information content (AvgIpc) is 1.92. The van der Waals surface area contributed by atoms with Gasteiger partial charge in [-0.3, -0.25) is 0 Å².